The van der Waals surface area contributed by atoms with Crippen molar-refractivity contribution in [3.05, 3.63) is 59.2 Å². The van der Waals surface area contributed by atoms with Gasteiger partial charge in [0.05, 0.1) is 7.11 Å². The maximum atomic E-state index is 5.96. The molecule has 3 rings (SSSR count). The molecule has 0 atom stereocenters. The van der Waals surface area contributed by atoms with Crippen molar-refractivity contribution in [2.75, 3.05) is 46.4 Å². The van der Waals surface area contributed by atoms with Crippen molar-refractivity contribution in [2.45, 2.75) is 20.1 Å². The van der Waals surface area contributed by atoms with Crippen molar-refractivity contribution in [2.24, 2.45) is 0 Å². The Morgan fingerprint density at radius 2 is 1.74 bits per heavy atom. The summed E-state index contributed by atoms with van der Waals surface area (Å²) in [4.78, 5) is 2.49. The van der Waals surface area contributed by atoms with Gasteiger partial charge in [0.15, 0.2) is 11.5 Å². The van der Waals surface area contributed by atoms with Crippen LogP contribution in [0.4, 0.5) is 0 Å². The van der Waals surface area contributed by atoms with E-state index in [2.05, 4.69) is 58.9 Å². The van der Waals surface area contributed by atoms with Gasteiger partial charge < -0.3 is 20.1 Å². The van der Waals surface area contributed by atoms with Gasteiger partial charge in [-0.15, -0.1) is 0 Å². The highest BCUT2D eigenvalue weighted by Crippen LogP contribution is 2.28. The maximum absolute atomic E-state index is 5.96. The summed E-state index contributed by atoms with van der Waals surface area (Å²) in [5.41, 5.74) is 3.61. The van der Waals surface area contributed by atoms with E-state index < -0.39 is 0 Å². The number of rotatable bonds is 9. The summed E-state index contributed by atoms with van der Waals surface area (Å²) in [5.74, 6) is 1.56. The predicted octanol–water partition coefficient (Wildman–Crippen LogP) is 2.58. The van der Waals surface area contributed by atoms with Crippen LogP contribution in [0.5, 0.6) is 11.5 Å². The Kier molecular flexibility index (Phi) is 7.51. The molecule has 1 aliphatic rings. The van der Waals surface area contributed by atoms with Crippen LogP contribution in [0.1, 0.15) is 16.7 Å². The molecule has 0 radical (unpaired) electrons. The minimum Gasteiger partial charge on any atom is -0.493 e. The number of piperazine rings is 1. The van der Waals surface area contributed by atoms with Crippen LogP contribution in [-0.4, -0.2) is 51.3 Å². The Morgan fingerprint density at radius 3 is 2.48 bits per heavy atom. The second kappa shape index (κ2) is 10.3. The van der Waals surface area contributed by atoms with Gasteiger partial charge in [0.1, 0.15) is 6.61 Å². The number of nitrogens with one attached hydrogen (secondary N) is 2. The molecule has 5 heteroatoms. The number of hydrogen-bond donors (Lipinski definition) is 2. The molecular weight excluding hydrogens is 338 g/mol. The fourth-order valence-corrected chi connectivity index (χ4v) is 3.19. The summed E-state index contributed by atoms with van der Waals surface area (Å²) >= 11 is 0. The zero-order valence-electron chi connectivity index (χ0n) is 16.5. The second-order valence-corrected chi connectivity index (χ2v) is 7.03. The quantitative estimate of drug-likeness (QED) is 0.665. The van der Waals surface area contributed by atoms with E-state index in [1.807, 2.05) is 6.07 Å². The van der Waals surface area contributed by atoms with Crippen molar-refractivity contribution in [1.29, 1.82) is 0 Å². The van der Waals surface area contributed by atoms with Gasteiger partial charge in [-0.25, -0.2) is 0 Å². The zero-order valence-corrected chi connectivity index (χ0v) is 16.5. The molecule has 27 heavy (non-hydrogen) atoms. The van der Waals surface area contributed by atoms with Crippen LogP contribution in [0.25, 0.3) is 0 Å². The Labute approximate surface area is 162 Å². The minimum absolute atomic E-state index is 0.541. The molecule has 2 aromatic carbocycles. The molecular formula is C22H31N3O2. The van der Waals surface area contributed by atoms with Crippen LogP contribution in [0.3, 0.4) is 0 Å². The fraction of sp³-hybridized carbons (Fsp3) is 0.455. The Morgan fingerprint density at radius 1 is 1.00 bits per heavy atom. The molecule has 1 aliphatic heterocycles. The lowest BCUT2D eigenvalue weighted by molar-refractivity contribution is 0.241. The lowest BCUT2D eigenvalue weighted by Crippen LogP contribution is -2.45. The summed E-state index contributed by atoms with van der Waals surface area (Å²) in [6.07, 6.45) is 0. The molecule has 0 aromatic heterocycles. The number of aryl methyl sites for hydroxylation is 1. The minimum atomic E-state index is 0.541. The lowest BCUT2D eigenvalue weighted by atomic mass is 10.1. The van der Waals surface area contributed by atoms with Gasteiger partial charge in [-0.3, -0.25) is 4.90 Å². The topological polar surface area (TPSA) is 45.8 Å². The normalized spacial score (nSPS) is 14.9. The molecule has 1 heterocycles. The maximum Gasteiger partial charge on any atom is 0.161 e. The second-order valence-electron chi connectivity index (χ2n) is 7.03. The van der Waals surface area contributed by atoms with Gasteiger partial charge in [0.2, 0.25) is 0 Å². The summed E-state index contributed by atoms with van der Waals surface area (Å²) in [5, 5.41) is 6.91. The molecule has 5 nitrogen and oxygen atoms in total. The first-order valence-electron chi connectivity index (χ1n) is 9.73. The summed E-state index contributed by atoms with van der Waals surface area (Å²) in [6.45, 7) is 10.0. The molecule has 0 saturated carbocycles. The molecule has 0 bridgehead atoms. The van der Waals surface area contributed by atoms with Gasteiger partial charge in [-0.1, -0.05) is 35.9 Å². The fourth-order valence-electron chi connectivity index (χ4n) is 3.19. The van der Waals surface area contributed by atoms with Crippen LogP contribution >= 0.6 is 0 Å². The molecule has 0 aliphatic carbocycles. The van der Waals surface area contributed by atoms with Gasteiger partial charge in [-0.2, -0.15) is 0 Å². The Hall–Kier alpha value is -2.08. The highest BCUT2D eigenvalue weighted by molar-refractivity contribution is 5.43. The summed E-state index contributed by atoms with van der Waals surface area (Å²) in [6, 6.07) is 14.6. The molecule has 0 unspecified atom stereocenters. The number of ether oxygens (including phenoxy) is 2. The number of benzene rings is 2. The van der Waals surface area contributed by atoms with Crippen molar-refractivity contribution < 1.29 is 9.47 Å². The van der Waals surface area contributed by atoms with E-state index >= 15 is 0 Å². The van der Waals surface area contributed by atoms with E-state index in [4.69, 9.17) is 9.47 Å². The third kappa shape index (κ3) is 6.24. The van der Waals surface area contributed by atoms with Crippen molar-refractivity contribution in [1.82, 2.24) is 15.5 Å². The molecule has 0 amide bonds. The first-order chi connectivity index (χ1) is 13.2. The monoisotopic (exact) mass is 369 g/mol. The lowest BCUT2D eigenvalue weighted by Gasteiger charge is -2.27. The molecule has 146 valence electrons. The third-order valence-electron chi connectivity index (χ3n) is 4.89. The summed E-state index contributed by atoms with van der Waals surface area (Å²) in [7, 11) is 1.69. The highest BCUT2D eigenvalue weighted by Gasteiger charge is 2.09. The standard InChI is InChI=1S/C22H31N3O2/c1-18-3-5-19(6-4-18)17-27-21-8-7-20(15-22(21)26-2)16-24-11-14-25-12-9-23-10-13-25/h3-8,15,23-24H,9-14,16-17H2,1-2H3. The first-order valence-corrected chi connectivity index (χ1v) is 9.73. The zero-order chi connectivity index (χ0) is 18.9. The Bertz CT molecular complexity index is 697. The van der Waals surface area contributed by atoms with E-state index in [0.717, 1.165) is 62.9 Å². The predicted molar refractivity (Wildman–Crippen MR) is 110 cm³/mol. The van der Waals surface area contributed by atoms with Crippen molar-refractivity contribution >= 4 is 0 Å². The van der Waals surface area contributed by atoms with Crippen LogP contribution in [0, 0.1) is 6.92 Å². The smallest absolute Gasteiger partial charge is 0.161 e. The van der Waals surface area contributed by atoms with Crippen LogP contribution < -0.4 is 20.1 Å². The van der Waals surface area contributed by atoms with E-state index in [0.29, 0.717) is 6.61 Å². The van der Waals surface area contributed by atoms with Gasteiger partial charge in [0, 0.05) is 45.8 Å². The summed E-state index contributed by atoms with van der Waals surface area (Å²) < 4.78 is 11.5. The van der Waals surface area contributed by atoms with E-state index in [9.17, 15) is 0 Å². The number of nitrogens with zero attached hydrogens (tertiary/aromatic N) is 1. The van der Waals surface area contributed by atoms with Gasteiger partial charge in [-0.05, 0) is 30.2 Å². The average molecular weight is 370 g/mol. The molecule has 1 fully saturated rings. The third-order valence-corrected chi connectivity index (χ3v) is 4.89. The highest BCUT2D eigenvalue weighted by atomic mass is 16.5. The molecule has 1 saturated heterocycles. The van der Waals surface area contributed by atoms with E-state index in [1.54, 1.807) is 7.11 Å². The molecule has 2 aromatic rings. The van der Waals surface area contributed by atoms with Gasteiger partial charge in [0.25, 0.3) is 0 Å². The van der Waals surface area contributed by atoms with E-state index in [-0.39, 0.29) is 0 Å². The number of hydrogen-bond acceptors (Lipinski definition) is 5. The van der Waals surface area contributed by atoms with Crippen molar-refractivity contribution in [3.8, 4) is 11.5 Å². The largest absolute Gasteiger partial charge is 0.493 e. The average Bonchev–Trinajstić information content (AvgIpc) is 2.72. The molecule has 0 spiro atoms. The van der Waals surface area contributed by atoms with Crippen LogP contribution in [0.2, 0.25) is 0 Å². The van der Waals surface area contributed by atoms with Crippen LogP contribution in [-0.2, 0) is 13.2 Å². The molecule has 2 N–H and O–H groups in total. The Balaban J connectivity index is 1.47. The first kappa shape index (κ1) is 19.7. The van der Waals surface area contributed by atoms with E-state index in [1.165, 1.54) is 11.1 Å². The van der Waals surface area contributed by atoms with Crippen molar-refractivity contribution in [3.63, 3.8) is 0 Å². The van der Waals surface area contributed by atoms with Crippen LogP contribution in [0.15, 0.2) is 42.5 Å². The SMILES string of the molecule is COc1cc(CNCCN2CCNCC2)ccc1OCc1ccc(C)cc1. The van der Waals surface area contributed by atoms with Gasteiger partial charge >= 0.3 is 0 Å². The number of methoxy groups -OCH3 is 1.